The number of amides is 1. The minimum atomic E-state index is -0.0419. The molecule has 0 atom stereocenters. The summed E-state index contributed by atoms with van der Waals surface area (Å²) in [7, 11) is 0. The Morgan fingerprint density at radius 2 is 1.86 bits per heavy atom. The van der Waals surface area contributed by atoms with Crippen molar-refractivity contribution in [1.82, 2.24) is 5.32 Å². The summed E-state index contributed by atoms with van der Waals surface area (Å²) in [5, 5.41) is 2.99. The maximum Gasteiger partial charge on any atom is 0.251 e. The van der Waals surface area contributed by atoms with Gasteiger partial charge in [0.25, 0.3) is 5.91 Å². The summed E-state index contributed by atoms with van der Waals surface area (Å²) >= 11 is 0. The van der Waals surface area contributed by atoms with Crippen LogP contribution in [0.15, 0.2) is 48.5 Å². The Hall–Kier alpha value is -2.13. The maximum absolute atomic E-state index is 12.2. The molecule has 3 heteroatoms. The van der Waals surface area contributed by atoms with Crippen molar-refractivity contribution in [2.24, 2.45) is 5.73 Å². The molecule has 2 rings (SSSR count). The summed E-state index contributed by atoms with van der Waals surface area (Å²) < 4.78 is 0. The van der Waals surface area contributed by atoms with Gasteiger partial charge in [-0.25, -0.2) is 0 Å². The topological polar surface area (TPSA) is 55.1 Å². The Morgan fingerprint density at radius 3 is 2.57 bits per heavy atom. The molecule has 0 aliphatic carbocycles. The number of carbonyl (C=O) groups is 1. The first-order valence-corrected chi connectivity index (χ1v) is 7.38. The van der Waals surface area contributed by atoms with Gasteiger partial charge < -0.3 is 11.1 Å². The molecule has 0 saturated heterocycles. The number of benzene rings is 2. The summed E-state index contributed by atoms with van der Waals surface area (Å²) in [6.07, 6.45) is 1.76. The molecule has 0 radical (unpaired) electrons. The Morgan fingerprint density at radius 1 is 1.10 bits per heavy atom. The molecule has 0 spiro atoms. The zero-order valence-electron chi connectivity index (χ0n) is 12.4. The van der Waals surface area contributed by atoms with E-state index in [4.69, 9.17) is 5.73 Å². The quantitative estimate of drug-likeness (QED) is 0.856. The van der Waals surface area contributed by atoms with E-state index in [1.165, 1.54) is 11.1 Å². The summed E-state index contributed by atoms with van der Waals surface area (Å²) in [6, 6.07) is 15.8. The highest BCUT2D eigenvalue weighted by Crippen LogP contribution is 2.10. The fourth-order valence-corrected chi connectivity index (χ4v) is 2.39. The van der Waals surface area contributed by atoms with Gasteiger partial charge in [0.2, 0.25) is 0 Å². The second kappa shape index (κ2) is 7.60. The molecule has 1 amide bonds. The monoisotopic (exact) mass is 282 g/mol. The highest BCUT2D eigenvalue weighted by molar-refractivity contribution is 5.94. The standard InChI is InChI=1S/C18H22N2O/c1-2-15-7-3-4-8-17(15)13-20-18(21)16-9-5-6-14(12-16)10-11-19/h3-9,12H,2,10-11,13,19H2,1H3,(H,20,21). The van der Waals surface area contributed by atoms with Crippen molar-refractivity contribution in [3.8, 4) is 0 Å². The van der Waals surface area contributed by atoms with Crippen molar-refractivity contribution >= 4 is 5.91 Å². The van der Waals surface area contributed by atoms with Gasteiger partial charge in [0, 0.05) is 12.1 Å². The number of hydrogen-bond acceptors (Lipinski definition) is 2. The smallest absolute Gasteiger partial charge is 0.251 e. The fraction of sp³-hybridized carbons (Fsp3) is 0.278. The molecule has 0 fully saturated rings. The molecule has 3 N–H and O–H groups in total. The number of carbonyl (C=O) groups excluding carboxylic acids is 1. The lowest BCUT2D eigenvalue weighted by Crippen LogP contribution is -2.23. The highest BCUT2D eigenvalue weighted by atomic mass is 16.1. The van der Waals surface area contributed by atoms with Crippen molar-refractivity contribution in [2.45, 2.75) is 26.3 Å². The van der Waals surface area contributed by atoms with Gasteiger partial charge >= 0.3 is 0 Å². The minimum Gasteiger partial charge on any atom is -0.348 e. The summed E-state index contributed by atoms with van der Waals surface area (Å²) in [5.74, 6) is -0.0419. The molecule has 0 aromatic heterocycles. The predicted octanol–water partition coefficient (Wildman–Crippen LogP) is 2.68. The number of nitrogens with one attached hydrogen (secondary N) is 1. The Bertz CT molecular complexity index is 608. The molecule has 0 aliphatic heterocycles. The molecule has 0 heterocycles. The Balaban J connectivity index is 2.03. The summed E-state index contributed by atoms with van der Waals surface area (Å²) in [4.78, 5) is 12.2. The number of aryl methyl sites for hydroxylation is 1. The second-order valence-corrected chi connectivity index (χ2v) is 5.04. The van der Waals surface area contributed by atoms with Crippen LogP contribution < -0.4 is 11.1 Å². The molecule has 0 aliphatic rings. The van der Waals surface area contributed by atoms with E-state index in [1.807, 2.05) is 36.4 Å². The van der Waals surface area contributed by atoms with E-state index in [0.29, 0.717) is 18.7 Å². The summed E-state index contributed by atoms with van der Waals surface area (Å²) in [5.41, 5.74) is 9.78. The van der Waals surface area contributed by atoms with Crippen LogP contribution in [-0.4, -0.2) is 12.5 Å². The van der Waals surface area contributed by atoms with Crippen LogP contribution in [0.2, 0.25) is 0 Å². The lowest BCUT2D eigenvalue weighted by atomic mass is 10.0. The minimum absolute atomic E-state index is 0.0419. The van der Waals surface area contributed by atoms with Gasteiger partial charge in [0.1, 0.15) is 0 Å². The zero-order valence-corrected chi connectivity index (χ0v) is 12.4. The van der Waals surface area contributed by atoms with Gasteiger partial charge in [-0.05, 0) is 48.2 Å². The summed E-state index contributed by atoms with van der Waals surface area (Å²) in [6.45, 7) is 3.27. The largest absolute Gasteiger partial charge is 0.348 e. The molecule has 0 unspecified atom stereocenters. The Kier molecular flexibility index (Phi) is 5.52. The maximum atomic E-state index is 12.2. The molecule has 0 bridgehead atoms. The van der Waals surface area contributed by atoms with Crippen molar-refractivity contribution in [2.75, 3.05) is 6.54 Å². The number of rotatable bonds is 6. The van der Waals surface area contributed by atoms with Crippen LogP contribution in [-0.2, 0) is 19.4 Å². The molecule has 21 heavy (non-hydrogen) atoms. The SMILES string of the molecule is CCc1ccccc1CNC(=O)c1cccc(CCN)c1. The van der Waals surface area contributed by atoms with Crippen molar-refractivity contribution in [3.63, 3.8) is 0 Å². The normalized spacial score (nSPS) is 10.4. The van der Waals surface area contributed by atoms with E-state index in [-0.39, 0.29) is 5.91 Å². The lowest BCUT2D eigenvalue weighted by molar-refractivity contribution is 0.0950. The van der Waals surface area contributed by atoms with Gasteiger partial charge in [0.15, 0.2) is 0 Å². The third-order valence-corrected chi connectivity index (χ3v) is 3.56. The second-order valence-electron chi connectivity index (χ2n) is 5.04. The number of hydrogen-bond donors (Lipinski definition) is 2. The molecule has 0 saturated carbocycles. The van der Waals surface area contributed by atoms with Crippen LogP contribution in [0.1, 0.15) is 34.0 Å². The molecule has 2 aromatic carbocycles. The predicted molar refractivity (Wildman–Crippen MR) is 86.2 cm³/mol. The van der Waals surface area contributed by atoms with Crippen molar-refractivity contribution in [1.29, 1.82) is 0 Å². The third kappa shape index (κ3) is 4.17. The first kappa shape index (κ1) is 15.3. The van der Waals surface area contributed by atoms with E-state index >= 15 is 0 Å². The fourth-order valence-electron chi connectivity index (χ4n) is 2.39. The molecule has 110 valence electrons. The zero-order chi connectivity index (χ0) is 15.1. The van der Waals surface area contributed by atoms with E-state index in [2.05, 4.69) is 24.4 Å². The van der Waals surface area contributed by atoms with Crippen LogP contribution in [0.4, 0.5) is 0 Å². The van der Waals surface area contributed by atoms with E-state index in [9.17, 15) is 4.79 Å². The van der Waals surface area contributed by atoms with Gasteiger partial charge in [-0.15, -0.1) is 0 Å². The first-order chi connectivity index (χ1) is 10.2. The average molecular weight is 282 g/mol. The van der Waals surface area contributed by atoms with Crippen molar-refractivity contribution in [3.05, 3.63) is 70.8 Å². The number of nitrogens with two attached hydrogens (primary N) is 1. The van der Waals surface area contributed by atoms with E-state index in [1.54, 1.807) is 0 Å². The van der Waals surface area contributed by atoms with Gasteiger partial charge in [0.05, 0.1) is 0 Å². The van der Waals surface area contributed by atoms with Gasteiger partial charge in [-0.1, -0.05) is 43.3 Å². The van der Waals surface area contributed by atoms with E-state index < -0.39 is 0 Å². The van der Waals surface area contributed by atoms with Crippen LogP contribution in [0, 0.1) is 0 Å². The van der Waals surface area contributed by atoms with E-state index in [0.717, 1.165) is 18.4 Å². The van der Waals surface area contributed by atoms with Crippen molar-refractivity contribution < 1.29 is 4.79 Å². The van der Waals surface area contributed by atoms with Gasteiger partial charge in [-0.3, -0.25) is 4.79 Å². The Labute approximate surface area is 126 Å². The highest BCUT2D eigenvalue weighted by Gasteiger charge is 2.07. The molecule has 3 nitrogen and oxygen atoms in total. The van der Waals surface area contributed by atoms with Crippen LogP contribution in [0.25, 0.3) is 0 Å². The first-order valence-electron chi connectivity index (χ1n) is 7.38. The molecule has 2 aromatic rings. The van der Waals surface area contributed by atoms with Crippen LogP contribution >= 0.6 is 0 Å². The average Bonchev–Trinajstić information content (AvgIpc) is 2.53. The van der Waals surface area contributed by atoms with Crippen LogP contribution in [0.5, 0.6) is 0 Å². The molecular weight excluding hydrogens is 260 g/mol. The van der Waals surface area contributed by atoms with Crippen LogP contribution in [0.3, 0.4) is 0 Å². The third-order valence-electron chi connectivity index (χ3n) is 3.56. The van der Waals surface area contributed by atoms with Gasteiger partial charge in [-0.2, -0.15) is 0 Å². The lowest BCUT2D eigenvalue weighted by Gasteiger charge is -2.10. The molecular formula is C18H22N2O.